The highest BCUT2D eigenvalue weighted by Crippen LogP contribution is 2.13. The molecule has 2 aromatic rings. The third kappa shape index (κ3) is 5.41. The molecule has 1 atom stereocenters. The average Bonchev–Trinajstić information content (AvgIpc) is 2.62. The van der Waals surface area contributed by atoms with Crippen molar-refractivity contribution in [3.63, 3.8) is 0 Å². The molecule has 5 heteroatoms. The number of carbonyl (C=O) groups excluding carboxylic acids is 2. The third-order valence-electron chi connectivity index (χ3n) is 3.98. The van der Waals surface area contributed by atoms with E-state index in [1.807, 2.05) is 37.3 Å². The summed E-state index contributed by atoms with van der Waals surface area (Å²) in [5, 5.41) is 2.76. The van der Waals surface area contributed by atoms with Crippen molar-refractivity contribution in [1.82, 2.24) is 10.2 Å². The van der Waals surface area contributed by atoms with Crippen LogP contribution in [0.15, 0.2) is 54.6 Å². The van der Waals surface area contributed by atoms with E-state index in [4.69, 9.17) is 0 Å². The van der Waals surface area contributed by atoms with Gasteiger partial charge >= 0.3 is 0 Å². The Kier molecular flexibility index (Phi) is 6.69. The number of halogens is 1. The zero-order chi connectivity index (χ0) is 18.2. The Hall–Kier alpha value is -2.69. The molecule has 25 heavy (non-hydrogen) atoms. The first-order valence-electron chi connectivity index (χ1n) is 8.36. The van der Waals surface area contributed by atoms with Crippen molar-refractivity contribution in [2.75, 3.05) is 6.54 Å². The lowest BCUT2D eigenvalue weighted by Crippen LogP contribution is -2.48. The summed E-state index contributed by atoms with van der Waals surface area (Å²) in [6.07, 6.45) is 0.122. The minimum absolute atomic E-state index is 0.122. The Bertz CT molecular complexity index is 701. The number of hydrogen-bond donors (Lipinski definition) is 1. The highest BCUT2D eigenvalue weighted by atomic mass is 19.1. The molecular formula is C20H23FN2O2. The molecule has 0 aliphatic carbocycles. The molecule has 2 aromatic carbocycles. The van der Waals surface area contributed by atoms with E-state index in [0.717, 1.165) is 5.56 Å². The van der Waals surface area contributed by atoms with Crippen molar-refractivity contribution in [2.45, 2.75) is 32.9 Å². The fourth-order valence-electron chi connectivity index (χ4n) is 2.56. The monoisotopic (exact) mass is 342 g/mol. The number of nitrogens with zero attached hydrogens (tertiary/aromatic N) is 1. The standard InChI is InChI=1S/C20H23FN2O2/c1-3-22-20(25)15(2)23(14-17-7-5-4-6-8-17)19(24)13-16-9-11-18(21)12-10-16/h4-12,15H,3,13-14H2,1-2H3,(H,22,25)/t15-/m1/s1. The number of nitrogens with one attached hydrogen (secondary N) is 1. The zero-order valence-electron chi connectivity index (χ0n) is 14.5. The summed E-state index contributed by atoms with van der Waals surface area (Å²) in [5.41, 5.74) is 1.67. The van der Waals surface area contributed by atoms with Crippen LogP contribution in [-0.2, 0) is 22.6 Å². The van der Waals surface area contributed by atoms with Gasteiger partial charge in [-0.15, -0.1) is 0 Å². The van der Waals surface area contributed by atoms with Crippen LogP contribution < -0.4 is 5.32 Å². The maximum absolute atomic E-state index is 13.0. The van der Waals surface area contributed by atoms with Gasteiger partial charge in [0.1, 0.15) is 11.9 Å². The normalized spacial score (nSPS) is 11.6. The van der Waals surface area contributed by atoms with Gasteiger partial charge in [0, 0.05) is 13.1 Å². The summed E-state index contributed by atoms with van der Waals surface area (Å²) < 4.78 is 13.0. The first-order chi connectivity index (χ1) is 12.0. The van der Waals surface area contributed by atoms with Gasteiger partial charge in [-0.2, -0.15) is 0 Å². The number of benzene rings is 2. The van der Waals surface area contributed by atoms with Crippen molar-refractivity contribution in [2.24, 2.45) is 0 Å². The average molecular weight is 342 g/mol. The highest BCUT2D eigenvalue weighted by Gasteiger charge is 2.25. The van der Waals surface area contributed by atoms with Crippen LogP contribution in [0.3, 0.4) is 0 Å². The number of likely N-dealkylation sites (N-methyl/N-ethyl adjacent to an activating group) is 1. The van der Waals surface area contributed by atoms with Crippen LogP contribution in [-0.4, -0.2) is 29.3 Å². The molecule has 0 heterocycles. The lowest BCUT2D eigenvalue weighted by atomic mass is 10.1. The molecule has 1 N–H and O–H groups in total. The van der Waals surface area contributed by atoms with Gasteiger partial charge in [0.2, 0.25) is 11.8 Å². The van der Waals surface area contributed by atoms with Gasteiger partial charge < -0.3 is 10.2 Å². The maximum Gasteiger partial charge on any atom is 0.242 e. The lowest BCUT2D eigenvalue weighted by Gasteiger charge is -2.28. The van der Waals surface area contributed by atoms with E-state index in [9.17, 15) is 14.0 Å². The Labute approximate surface area is 147 Å². The largest absolute Gasteiger partial charge is 0.355 e. The van der Waals surface area contributed by atoms with Gasteiger partial charge in [-0.25, -0.2) is 4.39 Å². The van der Waals surface area contributed by atoms with Gasteiger partial charge in [-0.1, -0.05) is 42.5 Å². The van der Waals surface area contributed by atoms with Crippen LogP contribution in [0.25, 0.3) is 0 Å². The molecule has 2 amide bonds. The molecule has 132 valence electrons. The molecule has 0 radical (unpaired) electrons. The van der Waals surface area contributed by atoms with Crippen LogP contribution in [0.1, 0.15) is 25.0 Å². The molecule has 2 rings (SSSR count). The van der Waals surface area contributed by atoms with Crippen molar-refractivity contribution >= 4 is 11.8 Å². The minimum Gasteiger partial charge on any atom is -0.355 e. The summed E-state index contributed by atoms with van der Waals surface area (Å²) in [7, 11) is 0. The predicted molar refractivity (Wildman–Crippen MR) is 95.2 cm³/mol. The fourth-order valence-corrected chi connectivity index (χ4v) is 2.56. The molecule has 0 bridgehead atoms. The van der Waals surface area contributed by atoms with Gasteiger partial charge in [-0.3, -0.25) is 9.59 Å². The van der Waals surface area contributed by atoms with Crippen LogP contribution in [0, 0.1) is 5.82 Å². The summed E-state index contributed by atoms with van der Waals surface area (Å²) >= 11 is 0. The first kappa shape index (κ1) is 18.6. The number of rotatable bonds is 7. The van der Waals surface area contributed by atoms with Gasteiger partial charge in [0.25, 0.3) is 0 Å². The Balaban J connectivity index is 2.18. The summed E-state index contributed by atoms with van der Waals surface area (Å²) in [6, 6.07) is 14.8. The van der Waals surface area contributed by atoms with Crippen LogP contribution in [0.2, 0.25) is 0 Å². The highest BCUT2D eigenvalue weighted by molar-refractivity contribution is 5.88. The Morgan fingerprint density at radius 1 is 1.04 bits per heavy atom. The van der Waals surface area contributed by atoms with E-state index in [0.29, 0.717) is 18.7 Å². The van der Waals surface area contributed by atoms with E-state index in [-0.39, 0.29) is 24.1 Å². The third-order valence-corrected chi connectivity index (χ3v) is 3.98. The smallest absolute Gasteiger partial charge is 0.242 e. The summed E-state index contributed by atoms with van der Waals surface area (Å²) in [4.78, 5) is 26.6. The van der Waals surface area contributed by atoms with E-state index in [2.05, 4.69) is 5.32 Å². The van der Waals surface area contributed by atoms with Gasteiger partial charge in [-0.05, 0) is 37.1 Å². The van der Waals surface area contributed by atoms with Gasteiger partial charge in [0.05, 0.1) is 6.42 Å². The lowest BCUT2D eigenvalue weighted by molar-refractivity contribution is -0.140. The number of amides is 2. The van der Waals surface area contributed by atoms with Crippen molar-refractivity contribution in [3.8, 4) is 0 Å². The SMILES string of the molecule is CCNC(=O)[C@@H](C)N(Cc1ccccc1)C(=O)Cc1ccc(F)cc1. The summed E-state index contributed by atoms with van der Waals surface area (Å²) in [6.45, 7) is 4.41. The number of hydrogen-bond acceptors (Lipinski definition) is 2. The Morgan fingerprint density at radius 3 is 2.28 bits per heavy atom. The molecule has 4 nitrogen and oxygen atoms in total. The second-order valence-corrected chi connectivity index (χ2v) is 5.88. The number of carbonyl (C=O) groups is 2. The van der Waals surface area contributed by atoms with Crippen molar-refractivity contribution in [3.05, 3.63) is 71.5 Å². The second-order valence-electron chi connectivity index (χ2n) is 5.88. The van der Waals surface area contributed by atoms with Crippen LogP contribution in [0.5, 0.6) is 0 Å². The van der Waals surface area contributed by atoms with Crippen molar-refractivity contribution < 1.29 is 14.0 Å². The molecule has 0 aliphatic rings. The molecule has 0 aromatic heterocycles. The molecule has 0 fully saturated rings. The van der Waals surface area contributed by atoms with Gasteiger partial charge in [0.15, 0.2) is 0 Å². The molecule has 0 aliphatic heterocycles. The Morgan fingerprint density at radius 2 is 1.68 bits per heavy atom. The van der Waals surface area contributed by atoms with Crippen LogP contribution >= 0.6 is 0 Å². The maximum atomic E-state index is 13.0. The van der Waals surface area contributed by atoms with E-state index < -0.39 is 6.04 Å². The fraction of sp³-hybridized carbons (Fsp3) is 0.300. The quantitative estimate of drug-likeness (QED) is 0.841. The predicted octanol–water partition coefficient (Wildman–Crippen LogP) is 2.92. The van der Waals surface area contributed by atoms with E-state index in [1.165, 1.54) is 12.1 Å². The molecule has 0 spiro atoms. The van der Waals surface area contributed by atoms with E-state index >= 15 is 0 Å². The second kappa shape index (κ2) is 8.97. The van der Waals surface area contributed by atoms with E-state index in [1.54, 1.807) is 24.0 Å². The topological polar surface area (TPSA) is 49.4 Å². The molecular weight excluding hydrogens is 319 g/mol. The molecule has 0 unspecified atom stereocenters. The van der Waals surface area contributed by atoms with Crippen molar-refractivity contribution in [1.29, 1.82) is 0 Å². The zero-order valence-corrected chi connectivity index (χ0v) is 14.5. The summed E-state index contributed by atoms with van der Waals surface area (Å²) in [5.74, 6) is -0.701. The minimum atomic E-state index is -0.590. The molecule has 0 saturated heterocycles. The first-order valence-corrected chi connectivity index (χ1v) is 8.36. The molecule has 0 saturated carbocycles. The van der Waals surface area contributed by atoms with Crippen LogP contribution in [0.4, 0.5) is 4.39 Å².